The lowest BCUT2D eigenvalue weighted by molar-refractivity contribution is 0.0527. The van der Waals surface area contributed by atoms with Crippen LogP contribution in [-0.2, 0) is 11.3 Å². The summed E-state index contributed by atoms with van der Waals surface area (Å²) in [5.41, 5.74) is 5.48. The van der Waals surface area contributed by atoms with Crippen LogP contribution in [0.1, 0.15) is 29.3 Å². The molecule has 31 heavy (non-hydrogen) atoms. The van der Waals surface area contributed by atoms with Gasteiger partial charge in [0.1, 0.15) is 5.56 Å². The highest BCUT2D eigenvalue weighted by Gasteiger charge is 2.17. The van der Waals surface area contributed by atoms with E-state index < -0.39 is 0 Å². The van der Waals surface area contributed by atoms with Crippen molar-refractivity contribution < 1.29 is 9.53 Å². The Morgan fingerprint density at radius 3 is 2.68 bits per heavy atom. The average molecular weight is 415 g/mol. The Balaban J connectivity index is 1.68. The van der Waals surface area contributed by atoms with Crippen molar-refractivity contribution in [1.29, 1.82) is 0 Å². The zero-order valence-corrected chi connectivity index (χ0v) is 17.8. The maximum atomic E-state index is 12.6. The van der Waals surface area contributed by atoms with Gasteiger partial charge in [0.25, 0.3) is 0 Å². The van der Waals surface area contributed by atoms with Gasteiger partial charge < -0.3 is 14.6 Å². The number of fused-ring (bicyclic) bond motifs is 1. The molecule has 2 heterocycles. The van der Waals surface area contributed by atoms with E-state index in [4.69, 9.17) is 4.74 Å². The first-order chi connectivity index (χ1) is 15.2. The lowest BCUT2D eigenvalue weighted by Gasteiger charge is -2.15. The molecule has 0 aliphatic rings. The summed E-state index contributed by atoms with van der Waals surface area (Å²) in [6.45, 7) is 5.75. The van der Waals surface area contributed by atoms with Gasteiger partial charge >= 0.3 is 5.97 Å². The van der Waals surface area contributed by atoms with Crippen molar-refractivity contribution >= 4 is 22.6 Å². The topological polar surface area (TPSA) is 69.0 Å². The lowest BCUT2D eigenvalue weighted by atomic mass is 10.0. The summed E-state index contributed by atoms with van der Waals surface area (Å²) in [7, 11) is 0. The first-order valence-electron chi connectivity index (χ1n) is 10.5. The molecule has 0 fully saturated rings. The largest absolute Gasteiger partial charge is 0.462 e. The van der Waals surface area contributed by atoms with Gasteiger partial charge in [-0.25, -0.2) is 9.78 Å². The second-order valence-corrected chi connectivity index (χ2v) is 7.45. The van der Waals surface area contributed by atoms with Gasteiger partial charge in [-0.15, -0.1) is 0 Å². The molecule has 6 nitrogen and oxygen atoms in total. The van der Waals surface area contributed by atoms with Crippen LogP contribution in [0.15, 0.2) is 67.4 Å². The Hall–Kier alpha value is -3.67. The van der Waals surface area contributed by atoms with E-state index in [0.29, 0.717) is 18.7 Å². The Bertz CT molecular complexity index is 1170. The molecular weight excluding hydrogens is 388 g/mol. The molecular formula is C25H26N4O2. The molecule has 0 amide bonds. The summed E-state index contributed by atoms with van der Waals surface area (Å²) in [5, 5.41) is 4.38. The number of rotatable bonds is 8. The molecule has 4 rings (SSSR count). The Kier molecular flexibility index (Phi) is 6.26. The molecule has 0 saturated carbocycles. The number of aryl methyl sites for hydroxylation is 2. The van der Waals surface area contributed by atoms with Crippen molar-refractivity contribution in [3.05, 3.63) is 78.5 Å². The maximum Gasteiger partial charge on any atom is 0.341 e. The van der Waals surface area contributed by atoms with Crippen LogP contribution in [0, 0.1) is 6.92 Å². The van der Waals surface area contributed by atoms with Crippen molar-refractivity contribution in [3.63, 3.8) is 0 Å². The zero-order chi connectivity index (χ0) is 21.6. The van der Waals surface area contributed by atoms with Crippen LogP contribution >= 0.6 is 0 Å². The quantitative estimate of drug-likeness (QED) is 0.321. The van der Waals surface area contributed by atoms with Crippen molar-refractivity contribution in [1.82, 2.24) is 14.5 Å². The fraction of sp³-hybridized carbons (Fsp3) is 0.240. The molecule has 0 bridgehead atoms. The molecule has 0 atom stereocenters. The summed E-state index contributed by atoms with van der Waals surface area (Å²) in [6.07, 6.45) is 8.01. The Morgan fingerprint density at radius 1 is 1.13 bits per heavy atom. The number of nitrogens with zero attached hydrogens (tertiary/aromatic N) is 3. The fourth-order valence-corrected chi connectivity index (χ4v) is 3.57. The van der Waals surface area contributed by atoms with Crippen LogP contribution in [0.4, 0.5) is 5.69 Å². The number of anilines is 1. The van der Waals surface area contributed by atoms with Crippen LogP contribution in [0.25, 0.3) is 22.0 Å². The minimum absolute atomic E-state index is 0.320. The first-order valence-corrected chi connectivity index (χ1v) is 10.5. The summed E-state index contributed by atoms with van der Waals surface area (Å²) in [6, 6.07) is 14.6. The van der Waals surface area contributed by atoms with Crippen molar-refractivity contribution in [2.45, 2.75) is 26.8 Å². The van der Waals surface area contributed by atoms with Crippen LogP contribution in [-0.4, -0.2) is 33.7 Å². The maximum absolute atomic E-state index is 12.6. The summed E-state index contributed by atoms with van der Waals surface area (Å²) in [4.78, 5) is 21.2. The molecule has 2 aromatic carbocycles. The van der Waals surface area contributed by atoms with Gasteiger partial charge in [-0.2, -0.15) is 0 Å². The van der Waals surface area contributed by atoms with Gasteiger partial charge in [0.15, 0.2) is 0 Å². The normalized spacial score (nSPS) is 10.9. The van der Waals surface area contributed by atoms with E-state index in [-0.39, 0.29) is 5.97 Å². The second-order valence-electron chi connectivity index (χ2n) is 7.45. The molecule has 0 unspecified atom stereocenters. The van der Waals surface area contributed by atoms with Crippen molar-refractivity contribution in [3.8, 4) is 11.1 Å². The predicted molar refractivity (Wildman–Crippen MR) is 123 cm³/mol. The highest BCUT2D eigenvalue weighted by Crippen LogP contribution is 2.31. The van der Waals surface area contributed by atoms with E-state index in [1.807, 2.05) is 16.8 Å². The number of carbonyl (C=O) groups excluding carboxylic acids is 1. The average Bonchev–Trinajstić information content (AvgIpc) is 3.30. The summed E-state index contributed by atoms with van der Waals surface area (Å²) < 4.78 is 7.32. The van der Waals surface area contributed by atoms with E-state index in [2.05, 4.69) is 58.6 Å². The molecule has 0 spiro atoms. The van der Waals surface area contributed by atoms with Crippen LogP contribution in [0.5, 0.6) is 0 Å². The smallest absolute Gasteiger partial charge is 0.341 e. The van der Waals surface area contributed by atoms with Gasteiger partial charge in [0, 0.05) is 37.1 Å². The van der Waals surface area contributed by atoms with Gasteiger partial charge in [-0.1, -0.05) is 35.9 Å². The molecule has 6 heteroatoms. The third kappa shape index (κ3) is 4.74. The Labute approximate surface area is 181 Å². The number of ether oxygens (including phenoxy) is 1. The monoisotopic (exact) mass is 414 g/mol. The molecule has 0 aliphatic heterocycles. The molecule has 0 radical (unpaired) electrons. The van der Waals surface area contributed by atoms with Gasteiger partial charge in [-0.05, 0) is 43.5 Å². The molecule has 1 N–H and O–H groups in total. The van der Waals surface area contributed by atoms with Gasteiger partial charge in [-0.3, -0.25) is 4.98 Å². The van der Waals surface area contributed by atoms with Crippen molar-refractivity contribution in [2.75, 3.05) is 18.5 Å². The van der Waals surface area contributed by atoms with Crippen LogP contribution < -0.4 is 5.32 Å². The first kappa shape index (κ1) is 20.6. The zero-order valence-electron chi connectivity index (χ0n) is 17.8. The molecule has 4 aromatic rings. The molecule has 0 saturated heterocycles. The minimum atomic E-state index is -0.366. The molecule has 0 aliphatic carbocycles. The minimum Gasteiger partial charge on any atom is -0.462 e. The number of benzene rings is 2. The SMILES string of the molecule is CCOC(=O)c1cnc2ccc(-c3ccc(C)cc3)cc2c1NCCCn1ccnc1. The second kappa shape index (κ2) is 9.43. The van der Waals surface area contributed by atoms with Crippen molar-refractivity contribution in [2.24, 2.45) is 0 Å². The van der Waals surface area contributed by atoms with E-state index in [0.717, 1.165) is 40.7 Å². The number of carbonyl (C=O) groups is 1. The van der Waals surface area contributed by atoms with E-state index in [1.165, 1.54) is 5.56 Å². The molecule has 2 aromatic heterocycles. The van der Waals surface area contributed by atoms with Gasteiger partial charge in [0.05, 0.1) is 24.1 Å². The number of hydrogen-bond donors (Lipinski definition) is 1. The van der Waals surface area contributed by atoms with E-state index in [9.17, 15) is 4.79 Å². The third-order valence-corrected chi connectivity index (χ3v) is 5.20. The van der Waals surface area contributed by atoms with Crippen LogP contribution in [0.2, 0.25) is 0 Å². The van der Waals surface area contributed by atoms with Crippen LogP contribution in [0.3, 0.4) is 0 Å². The van der Waals surface area contributed by atoms with Gasteiger partial charge in [0.2, 0.25) is 0 Å². The number of nitrogens with one attached hydrogen (secondary N) is 1. The number of aromatic nitrogens is 3. The number of esters is 1. The summed E-state index contributed by atoms with van der Waals surface area (Å²) >= 11 is 0. The number of imidazole rings is 1. The highest BCUT2D eigenvalue weighted by molar-refractivity contribution is 6.05. The fourth-order valence-electron chi connectivity index (χ4n) is 3.57. The number of pyridine rings is 1. The lowest BCUT2D eigenvalue weighted by Crippen LogP contribution is -2.13. The Morgan fingerprint density at radius 2 is 1.94 bits per heavy atom. The van der Waals surface area contributed by atoms with E-state index in [1.54, 1.807) is 25.6 Å². The predicted octanol–water partition coefficient (Wildman–Crippen LogP) is 5.09. The summed E-state index contributed by atoms with van der Waals surface area (Å²) in [5.74, 6) is -0.366. The van der Waals surface area contributed by atoms with E-state index >= 15 is 0 Å². The highest BCUT2D eigenvalue weighted by atomic mass is 16.5. The standard InChI is InChI=1S/C25H26N4O2/c1-3-31-25(30)22-16-28-23-10-9-20(19-7-5-18(2)6-8-19)15-21(23)24(22)27-11-4-13-29-14-12-26-17-29/h5-10,12,14-17H,3-4,11,13H2,1-2H3,(H,27,28). The number of hydrogen-bond acceptors (Lipinski definition) is 5. The molecule has 158 valence electrons. The third-order valence-electron chi connectivity index (χ3n) is 5.20.